The van der Waals surface area contributed by atoms with E-state index >= 15 is 0 Å². The van der Waals surface area contributed by atoms with Crippen LogP contribution in [-0.4, -0.2) is 11.1 Å². The summed E-state index contributed by atoms with van der Waals surface area (Å²) in [4.78, 5) is 10.9. The van der Waals surface area contributed by atoms with E-state index in [1.807, 2.05) is 19.1 Å². The van der Waals surface area contributed by atoms with Gasteiger partial charge in [-0.1, -0.05) is 28.1 Å². The second kappa shape index (κ2) is 3.24. The zero-order valence-electron chi connectivity index (χ0n) is 7.67. The lowest BCUT2D eigenvalue weighted by Gasteiger charge is -2.05. The van der Waals surface area contributed by atoms with Crippen molar-refractivity contribution < 1.29 is 9.90 Å². The Morgan fingerprint density at radius 2 is 2.21 bits per heavy atom. The molecule has 0 aromatic heterocycles. The van der Waals surface area contributed by atoms with Gasteiger partial charge in [-0.25, -0.2) is 4.79 Å². The summed E-state index contributed by atoms with van der Waals surface area (Å²) in [5.41, 5.74) is 3.42. The number of halogens is 1. The molecule has 2 rings (SSSR count). The van der Waals surface area contributed by atoms with Crippen LogP contribution in [0.15, 0.2) is 22.7 Å². The highest BCUT2D eigenvalue weighted by molar-refractivity contribution is 9.10. The minimum Gasteiger partial charge on any atom is -0.478 e. The number of hydrogen-bond donors (Lipinski definition) is 1. The molecule has 0 bridgehead atoms. The average Bonchev–Trinajstić information content (AvgIpc) is 2.47. The maximum atomic E-state index is 10.9. The molecule has 0 radical (unpaired) electrons. The molecule has 0 unspecified atom stereocenters. The fourth-order valence-corrected chi connectivity index (χ4v) is 2.47. The number of carboxylic acid groups (broad SMARTS) is 1. The summed E-state index contributed by atoms with van der Waals surface area (Å²) in [6.45, 7) is 1.96. The van der Waals surface area contributed by atoms with E-state index in [1.165, 1.54) is 0 Å². The van der Waals surface area contributed by atoms with Crippen molar-refractivity contribution in [1.29, 1.82) is 0 Å². The second-order valence-corrected chi connectivity index (χ2v) is 4.25. The maximum absolute atomic E-state index is 10.9. The van der Waals surface area contributed by atoms with E-state index in [4.69, 9.17) is 5.11 Å². The zero-order valence-corrected chi connectivity index (χ0v) is 9.26. The Labute approximate surface area is 90.4 Å². The van der Waals surface area contributed by atoms with Crippen LogP contribution in [0.4, 0.5) is 0 Å². The van der Waals surface area contributed by atoms with Crippen LogP contribution in [0.5, 0.6) is 0 Å². The lowest BCUT2D eigenvalue weighted by Crippen LogP contribution is -1.98. The highest BCUT2D eigenvalue weighted by atomic mass is 79.9. The first-order valence-electron chi connectivity index (χ1n) is 4.32. The van der Waals surface area contributed by atoms with Crippen molar-refractivity contribution in [2.24, 2.45) is 0 Å². The third-order valence-electron chi connectivity index (χ3n) is 2.37. The van der Waals surface area contributed by atoms with Crippen LogP contribution in [0.25, 0.3) is 5.57 Å². The molecule has 0 saturated carbocycles. The van der Waals surface area contributed by atoms with Crippen LogP contribution in [0.3, 0.4) is 0 Å². The van der Waals surface area contributed by atoms with Gasteiger partial charge in [0.2, 0.25) is 0 Å². The summed E-state index contributed by atoms with van der Waals surface area (Å²) in [6, 6.07) is 3.94. The Morgan fingerprint density at radius 3 is 2.86 bits per heavy atom. The third kappa shape index (κ3) is 1.38. The highest BCUT2D eigenvalue weighted by Gasteiger charge is 2.21. The van der Waals surface area contributed by atoms with E-state index in [2.05, 4.69) is 15.9 Å². The first-order chi connectivity index (χ1) is 6.59. The molecule has 1 aliphatic rings. The van der Waals surface area contributed by atoms with Crippen molar-refractivity contribution in [3.63, 3.8) is 0 Å². The van der Waals surface area contributed by atoms with Gasteiger partial charge in [-0.2, -0.15) is 0 Å². The van der Waals surface area contributed by atoms with Crippen molar-refractivity contribution in [2.75, 3.05) is 0 Å². The van der Waals surface area contributed by atoms with Gasteiger partial charge in [-0.3, -0.25) is 0 Å². The molecular weight excluding hydrogens is 244 g/mol. The molecule has 14 heavy (non-hydrogen) atoms. The number of carbonyl (C=O) groups is 1. The molecular formula is C11H9BrO2. The Bertz CT molecular complexity index is 447. The lowest BCUT2D eigenvalue weighted by molar-refractivity contribution is -0.130. The first kappa shape index (κ1) is 9.46. The quantitative estimate of drug-likeness (QED) is 0.835. The Balaban J connectivity index is 2.61. The Hall–Kier alpha value is -1.09. The van der Waals surface area contributed by atoms with Gasteiger partial charge in [0.1, 0.15) is 0 Å². The molecule has 0 aliphatic heterocycles. The molecule has 0 fully saturated rings. The van der Waals surface area contributed by atoms with Crippen LogP contribution < -0.4 is 0 Å². The smallest absolute Gasteiger partial charge is 0.335 e. The molecule has 3 heteroatoms. The van der Waals surface area contributed by atoms with Crippen LogP contribution >= 0.6 is 15.9 Å². The third-order valence-corrected chi connectivity index (χ3v) is 3.08. The topological polar surface area (TPSA) is 37.3 Å². The molecule has 1 aliphatic carbocycles. The predicted octanol–water partition coefficient (Wildman–Crippen LogP) is 2.78. The lowest BCUT2D eigenvalue weighted by atomic mass is 10.0. The van der Waals surface area contributed by atoms with E-state index in [1.54, 1.807) is 6.08 Å². The van der Waals surface area contributed by atoms with Gasteiger partial charge in [-0.15, -0.1) is 0 Å². The van der Waals surface area contributed by atoms with E-state index in [0.717, 1.165) is 21.2 Å². The van der Waals surface area contributed by atoms with Crippen molar-refractivity contribution >= 4 is 27.5 Å². The number of aliphatic carboxylic acids is 1. The molecule has 0 heterocycles. The van der Waals surface area contributed by atoms with Crippen LogP contribution in [0.2, 0.25) is 0 Å². The van der Waals surface area contributed by atoms with Crippen molar-refractivity contribution in [3.8, 4) is 0 Å². The molecule has 0 atom stereocenters. The van der Waals surface area contributed by atoms with E-state index < -0.39 is 5.97 Å². The summed E-state index contributed by atoms with van der Waals surface area (Å²) in [5, 5.41) is 8.96. The SMILES string of the molecule is Cc1cc(Br)c2c(c1)C(C(=O)O)=CC2. The van der Waals surface area contributed by atoms with Crippen molar-refractivity contribution in [2.45, 2.75) is 13.3 Å². The molecule has 0 saturated heterocycles. The molecule has 2 nitrogen and oxygen atoms in total. The first-order valence-corrected chi connectivity index (χ1v) is 5.11. The summed E-state index contributed by atoms with van der Waals surface area (Å²) in [7, 11) is 0. The van der Waals surface area contributed by atoms with Gasteiger partial charge in [0, 0.05) is 4.47 Å². The number of carboxylic acids is 1. The number of rotatable bonds is 1. The molecule has 72 valence electrons. The molecule has 1 aromatic rings. The molecule has 0 amide bonds. The summed E-state index contributed by atoms with van der Waals surface area (Å²) in [5.74, 6) is -0.846. The maximum Gasteiger partial charge on any atom is 0.335 e. The van der Waals surface area contributed by atoms with Gasteiger partial charge in [-0.05, 0) is 36.1 Å². The van der Waals surface area contributed by atoms with Crippen LogP contribution in [0, 0.1) is 6.92 Å². The fraction of sp³-hybridized carbons (Fsp3) is 0.182. The Morgan fingerprint density at radius 1 is 1.50 bits per heavy atom. The zero-order chi connectivity index (χ0) is 10.3. The monoisotopic (exact) mass is 252 g/mol. The van der Waals surface area contributed by atoms with E-state index in [0.29, 0.717) is 12.0 Å². The number of benzene rings is 1. The number of aryl methyl sites for hydroxylation is 1. The highest BCUT2D eigenvalue weighted by Crippen LogP contribution is 2.33. The number of fused-ring (bicyclic) bond motifs is 1. The minimum atomic E-state index is -0.846. The Kier molecular flexibility index (Phi) is 2.19. The van der Waals surface area contributed by atoms with Gasteiger partial charge in [0.15, 0.2) is 0 Å². The van der Waals surface area contributed by atoms with E-state index in [-0.39, 0.29) is 0 Å². The van der Waals surface area contributed by atoms with Gasteiger partial charge >= 0.3 is 5.97 Å². The average molecular weight is 253 g/mol. The largest absolute Gasteiger partial charge is 0.478 e. The summed E-state index contributed by atoms with van der Waals surface area (Å²) < 4.78 is 1.00. The van der Waals surface area contributed by atoms with Crippen LogP contribution in [0.1, 0.15) is 16.7 Å². The van der Waals surface area contributed by atoms with Crippen molar-refractivity contribution in [1.82, 2.24) is 0 Å². The summed E-state index contributed by atoms with van der Waals surface area (Å²) in [6.07, 6.45) is 2.47. The van der Waals surface area contributed by atoms with Gasteiger partial charge < -0.3 is 5.11 Å². The number of allylic oxidation sites excluding steroid dienone is 1. The second-order valence-electron chi connectivity index (χ2n) is 3.40. The summed E-state index contributed by atoms with van der Waals surface area (Å²) >= 11 is 3.45. The number of hydrogen-bond acceptors (Lipinski definition) is 1. The molecule has 0 spiro atoms. The molecule has 1 aromatic carbocycles. The van der Waals surface area contributed by atoms with Gasteiger partial charge in [0.05, 0.1) is 5.57 Å². The van der Waals surface area contributed by atoms with Crippen molar-refractivity contribution in [3.05, 3.63) is 39.4 Å². The van der Waals surface area contributed by atoms with E-state index in [9.17, 15) is 4.79 Å². The minimum absolute atomic E-state index is 0.421. The molecule has 1 N–H and O–H groups in total. The van der Waals surface area contributed by atoms with Gasteiger partial charge in [0.25, 0.3) is 0 Å². The normalized spacial score (nSPS) is 13.7. The van der Waals surface area contributed by atoms with Crippen LogP contribution in [-0.2, 0) is 11.2 Å². The standard InChI is InChI=1S/C11H9BrO2/c1-6-4-9-7(10(12)5-6)2-3-8(9)11(13)14/h3-5H,2H2,1H3,(H,13,14). The fourth-order valence-electron chi connectivity index (χ4n) is 1.74. The predicted molar refractivity (Wildman–Crippen MR) is 58.2 cm³/mol.